The molecule has 0 saturated carbocycles. The molecule has 3 aromatic carbocycles. The van der Waals surface area contributed by atoms with E-state index in [-0.39, 0.29) is 0 Å². The Balaban J connectivity index is 1.33. The summed E-state index contributed by atoms with van der Waals surface area (Å²) in [5.74, 6) is 2.75. The average molecular weight is 523 g/mol. The smallest absolute Gasteiger partial charge is 0.161 e. The molecule has 1 atom stereocenters. The number of rotatable bonds is 15. The van der Waals surface area contributed by atoms with Crippen LogP contribution < -0.4 is 9.47 Å². The summed E-state index contributed by atoms with van der Waals surface area (Å²) in [6.07, 6.45) is 14.3. The van der Waals surface area contributed by atoms with Crippen LogP contribution in [0.4, 0.5) is 0 Å². The number of hydrogen-bond donors (Lipinski definition) is 0. The molecule has 3 aromatic rings. The van der Waals surface area contributed by atoms with Gasteiger partial charge in [-0.1, -0.05) is 113 Å². The van der Waals surface area contributed by atoms with Crippen molar-refractivity contribution in [1.82, 2.24) is 0 Å². The second kappa shape index (κ2) is 13.4. The fraction of sp³-hybridized carbons (Fsp3) is 0.459. The SMILES string of the molecule is CCCCCCOc1cc2c(cc1OCCCCCC)C(CCC1c3ccccc3-c3ccccc31)C(C)=C2. The molecule has 0 fully saturated rings. The van der Waals surface area contributed by atoms with Gasteiger partial charge in [0.25, 0.3) is 0 Å². The van der Waals surface area contributed by atoms with Crippen LogP contribution >= 0.6 is 0 Å². The third-order valence-electron chi connectivity index (χ3n) is 8.68. The lowest BCUT2D eigenvalue weighted by atomic mass is 9.85. The standard InChI is InChI=1S/C37H46O2/c1-4-6-8-14-22-38-36-25-28-24-27(3)29(35(28)26-37(36)39-23-15-9-7-5-2)20-21-34-32-18-12-10-16-30(32)31-17-11-13-19-33(31)34/h10-13,16-19,24-26,29,34H,4-9,14-15,20-23H2,1-3H3. The molecule has 0 radical (unpaired) electrons. The van der Waals surface area contributed by atoms with Crippen LogP contribution in [-0.4, -0.2) is 13.2 Å². The van der Waals surface area contributed by atoms with Crippen molar-refractivity contribution in [3.63, 3.8) is 0 Å². The molecule has 206 valence electrons. The van der Waals surface area contributed by atoms with Gasteiger partial charge in [-0.25, -0.2) is 0 Å². The van der Waals surface area contributed by atoms with E-state index in [9.17, 15) is 0 Å². The lowest BCUT2D eigenvalue weighted by molar-refractivity contribution is 0.258. The van der Waals surface area contributed by atoms with Crippen molar-refractivity contribution in [2.75, 3.05) is 13.2 Å². The molecule has 1 unspecified atom stereocenters. The molecule has 2 nitrogen and oxygen atoms in total. The van der Waals surface area contributed by atoms with Crippen LogP contribution in [0.25, 0.3) is 17.2 Å². The Morgan fingerprint density at radius 1 is 0.590 bits per heavy atom. The van der Waals surface area contributed by atoms with Crippen LogP contribution in [0, 0.1) is 0 Å². The summed E-state index contributed by atoms with van der Waals surface area (Å²) in [5.41, 5.74) is 9.98. The highest BCUT2D eigenvalue weighted by Gasteiger charge is 2.31. The minimum atomic E-state index is 0.431. The van der Waals surface area contributed by atoms with E-state index in [1.54, 1.807) is 0 Å². The van der Waals surface area contributed by atoms with Crippen molar-refractivity contribution in [3.05, 3.63) is 88.5 Å². The van der Waals surface area contributed by atoms with E-state index in [0.29, 0.717) is 11.8 Å². The molecule has 0 amide bonds. The monoisotopic (exact) mass is 522 g/mol. The van der Waals surface area contributed by atoms with Crippen LogP contribution in [0.5, 0.6) is 11.5 Å². The first-order valence-electron chi connectivity index (χ1n) is 15.5. The van der Waals surface area contributed by atoms with E-state index in [1.165, 1.54) is 77.5 Å². The Hall–Kier alpha value is -3.00. The minimum Gasteiger partial charge on any atom is -0.490 e. The zero-order valence-corrected chi connectivity index (χ0v) is 24.3. The molecule has 0 spiro atoms. The maximum atomic E-state index is 6.39. The molecule has 0 N–H and O–H groups in total. The van der Waals surface area contributed by atoms with Crippen molar-refractivity contribution < 1.29 is 9.47 Å². The Morgan fingerprint density at radius 3 is 1.72 bits per heavy atom. The van der Waals surface area contributed by atoms with Crippen LogP contribution in [0.15, 0.2) is 66.2 Å². The first kappa shape index (κ1) is 27.6. The highest BCUT2D eigenvalue weighted by molar-refractivity contribution is 5.78. The molecule has 2 heteroatoms. The summed E-state index contributed by atoms with van der Waals surface area (Å²) in [7, 11) is 0. The molecule has 0 heterocycles. The molecule has 0 saturated heterocycles. The molecule has 0 aromatic heterocycles. The second-order valence-corrected chi connectivity index (χ2v) is 11.5. The van der Waals surface area contributed by atoms with E-state index >= 15 is 0 Å². The summed E-state index contributed by atoms with van der Waals surface area (Å²) >= 11 is 0. The maximum absolute atomic E-state index is 6.39. The number of benzene rings is 3. The normalized spacial score (nSPS) is 15.6. The van der Waals surface area contributed by atoms with Crippen LogP contribution in [0.2, 0.25) is 0 Å². The third kappa shape index (κ3) is 6.26. The van der Waals surface area contributed by atoms with Gasteiger partial charge in [0.1, 0.15) is 0 Å². The topological polar surface area (TPSA) is 18.5 Å². The van der Waals surface area contributed by atoms with Gasteiger partial charge in [0.15, 0.2) is 11.5 Å². The molecule has 0 aliphatic heterocycles. The fourth-order valence-corrected chi connectivity index (χ4v) is 6.54. The van der Waals surface area contributed by atoms with Gasteiger partial charge in [0.2, 0.25) is 0 Å². The second-order valence-electron chi connectivity index (χ2n) is 11.5. The maximum Gasteiger partial charge on any atom is 0.161 e. The highest BCUT2D eigenvalue weighted by Crippen LogP contribution is 2.50. The molecule has 2 aliphatic carbocycles. The van der Waals surface area contributed by atoms with Crippen molar-refractivity contribution in [2.45, 2.75) is 96.8 Å². The molecule has 5 rings (SSSR count). The van der Waals surface area contributed by atoms with Gasteiger partial charge in [0.05, 0.1) is 13.2 Å². The predicted octanol–water partition coefficient (Wildman–Crippen LogP) is 10.7. The van der Waals surface area contributed by atoms with Crippen LogP contribution in [0.1, 0.15) is 119 Å². The first-order valence-corrected chi connectivity index (χ1v) is 15.5. The molecule has 39 heavy (non-hydrogen) atoms. The van der Waals surface area contributed by atoms with Gasteiger partial charge in [-0.15, -0.1) is 0 Å². The van der Waals surface area contributed by atoms with Crippen molar-refractivity contribution in [3.8, 4) is 22.6 Å². The largest absolute Gasteiger partial charge is 0.490 e. The number of hydrogen-bond acceptors (Lipinski definition) is 2. The zero-order chi connectivity index (χ0) is 27.0. The van der Waals surface area contributed by atoms with E-state index in [4.69, 9.17) is 9.47 Å². The van der Waals surface area contributed by atoms with Crippen molar-refractivity contribution in [1.29, 1.82) is 0 Å². The Bertz CT molecular complexity index is 1220. The van der Waals surface area contributed by atoms with Gasteiger partial charge in [-0.2, -0.15) is 0 Å². The van der Waals surface area contributed by atoms with E-state index in [0.717, 1.165) is 50.4 Å². The lowest BCUT2D eigenvalue weighted by Crippen LogP contribution is -2.06. The van der Waals surface area contributed by atoms with Gasteiger partial charge in [-0.05, 0) is 78.1 Å². The molecule has 2 aliphatic rings. The van der Waals surface area contributed by atoms with E-state index < -0.39 is 0 Å². The number of unbranched alkanes of at least 4 members (excludes halogenated alkanes) is 6. The van der Waals surface area contributed by atoms with Gasteiger partial charge < -0.3 is 9.47 Å². The van der Waals surface area contributed by atoms with Gasteiger partial charge >= 0.3 is 0 Å². The summed E-state index contributed by atoms with van der Waals surface area (Å²) in [4.78, 5) is 0. The average Bonchev–Trinajstić information content (AvgIpc) is 3.44. The van der Waals surface area contributed by atoms with E-state index in [2.05, 4.69) is 87.5 Å². The summed E-state index contributed by atoms with van der Waals surface area (Å²) < 4.78 is 12.7. The Kier molecular flexibility index (Phi) is 9.45. The summed E-state index contributed by atoms with van der Waals surface area (Å²) in [5, 5.41) is 0. The number of allylic oxidation sites excluding steroid dienone is 1. The molecular formula is C37H46O2. The first-order chi connectivity index (χ1) is 19.2. The minimum absolute atomic E-state index is 0.431. The summed E-state index contributed by atoms with van der Waals surface area (Å²) in [6.45, 7) is 8.33. The van der Waals surface area contributed by atoms with Gasteiger partial charge in [-0.3, -0.25) is 0 Å². The highest BCUT2D eigenvalue weighted by atomic mass is 16.5. The van der Waals surface area contributed by atoms with Crippen LogP contribution in [0.3, 0.4) is 0 Å². The van der Waals surface area contributed by atoms with E-state index in [1.807, 2.05) is 0 Å². The molecule has 0 bridgehead atoms. The predicted molar refractivity (Wildman–Crippen MR) is 165 cm³/mol. The number of fused-ring (bicyclic) bond motifs is 4. The molecular weight excluding hydrogens is 476 g/mol. The van der Waals surface area contributed by atoms with Crippen molar-refractivity contribution in [2.24, 2.45) is 0 Å². The third-order valence-corrected chi connectivity index (χ3v) is 8.68. The van der Waals surface area contributed by atoms with Crippen LogP contribution in [-0.2, 0) is 0 Å². The number of ether oxygens (including phenoxy) is 2. The lowest BCUT2D eigenvalue weighted by Gasteiger charge is -2.21. The Labute approximate surface area is 236 Å². The van der Waals surface area contributed by atoms with Gasteiger partial charge in [0, 0.05) is 11.8 Å². The summed E-state index contributed by atoms with van der Waals surface area (Å²) in [6, 6.07) is 22.5. The zero-order valence-electron chi connectivity index (χ0n) is 24.3. The van der Waals surface area contributed by atoms with Crippen molar-refractivity contribution >= 4 is 6.08 Å². The Morgan fingerprint density at radius 2 is 1.13 bits per heavy atom. The quantitative estimate of drug-likeness (QED) is 0.185. The fourth-order valence-electron chi connectivity index (χ4n) is 6.54.